The van der Waals surface area contributed by atoms with Crippen molar-refractivity contribution < 1.29 is 0 Å². The highest BCUT2D eigenvalue weighted by Gasteiger charge is 2.13. The van der Waals surface area contributed by atoms with Gasteiger partial charge in [0.1, 0.15) is 0 Å². The van der Waals surface area contributed by atoms with Crippen molar-refractivity contribution in [2.45, 2.75) is 26.4 Å². The second kappa shape index (κ2) is 6.82. The molecular weight excluding hydrogens is 313 g/mol. The molecule has 0 fully saturated rings. The Kier molecular flexibility index (Phi) is 5.34. The van der Waals surface area contributed by atoms with Gasteiger partial charge < -0.3 is 5.32 Å². The maximum atomic E-state index is 6.24. The molecule has 2 aromatic carbocycles. The third-order valence-electron chi connectivity index (χ3n) is 3.26. The largest absolute Gasteiger partial charge is 0.306 e. The zero-order valence-corrected chi connectivity index (χ0v) is 13.7. The topological polar surface area (TPSA) is 12.0 Å². The lowest BCUT2D eigenvalue weighted by molar-refractivity contribution is 0.575. The zero-order valence-electron chi connectivity index (χ0n) is 11.4. The quantitative estimate of drug-likeness (QED) is 0.699. The van der Waals surface area contributed by atoms with E-state index in [1.165, 1.54) is 11.1 Å². The number of nitrogens with one attached hydrogen (secondary N) is 1. The maximum absolute atomic E-state index is 6.24. The summed E-state index contributed by atoms with van der Waals surface area (Å²) in [6.07, 6.45) is 0. The van der Waals surface area contributed by atoms with Crippen LogP contribution in [0.5, 0.6) is 0 Å². The van der Waals surface area contributed by atoms with Gasteiger partial charge >= 0.3 is 0 Å². The van der Waals surface area contributed by atoms with E-state index in [-0.39, 0.29) is 6.04 Å². The number of hydrogen-bond donors (Lipinski definition) is 1. The van der Waals surface area contributed by atoms with Crippen molar-refractivity contribution >= 4 is 34.8 Å². The van der Waals surface area contributed by atoms with E-state index in [0.717, 1.165) is 12.1 Å². The van der Waals surface area contributed by atoms with Crippen LogP contribution in [0.4, 0.5) is 0 Å². The highest BCUT2D eigenvalue weighted by atomic mass is 35.5. The third-order valence-corrected chi connectivity index (χ3v) is 4.57. The van der Waals surface area contributed by atoms with Crippen LogP contribution in [-0.4, -0.2) is 0 Å². The van der Waals surface area contributed by atoms with Crippen LogP contribution < -0.4 is 5.32 Å². The first-order valence-corrected chi connectivity index (χ1v) is 7.54. The van der Waals surface area contributed by atoms with Gasteiger partial charge in [0.25, 0.3) is 0 Å². The molecule has 0 aromatic heterocycles. The van der Waals surface area contributed by atoms with Crippen molar-refractivity contribution in [1.29, 1.82) is 0 Å². The lowest BCUT2D eigenvalue weighted by atomic mass is 10.1. The van der Waals surface area contributed by atoms with Gasteiger partial charge in [0.05, 0.1) is 15.1 Å². The minimum absolute atomic E-state index is 0.0959. The van der Waals surface area contributed by atoms with E-state index in [1.807, 2.05) is 6.07 Å². The zero-order chi connectivity index (χ0) is 14.7. The average molecular weight is 329 g/mol. The molecule has 0 saturated heterocycles. The van der Waals surface area contributed by atoms with Crippen LogP contribution in [0.25, 0.3) is 0 Å². The summed E-state index contributed by atoms with van der Waals surface area (Å²) in [6.45, 7) is 4.91. The Morgan fingerprint density at radius 1 is 0.950 bits per heavy atom. The van der Waals surface area contributed by atoms with Crippen LogP contribution in [0.15, 0.2) is 36.4 Å². The molecule has 0 bridgehead atoms. The van der Waals surface area contributed by atoms with E-state index >= 15 is 0 Å². The first-order chi connectivity index (χ1) is 9.49. The summed E-state index contributed by atoms with van der Waals surface area (Å²) in [6, 6.07) is 12.2. The van der Waals surface area contributed by atoms with Gasteiger partial charge in [-0.2, -0.15) is 0 Å². The fourth-order valence-corrected chi connectivity index (χ4v) is 2.67. The summed E-state index contributed by atoms with van der Waals surface area (Å²) in [5.41, 5.74) is 3.45. The molecule has 1 nitrogen and oxygen atoms in total. The number of aryl methyl sites for hydroxylation is 1. The van der Waals surface area contributed by atoms with Crippen LogP contribution in [0.3, 0.4) is 0 Å². The number of rotatable bonds is 4. The van der Waals surface area contributed by atoms with E-state index in [0.29, 0.717) is 15.1 Å². The summed E-state index contributed by atoms with van der Waals surface area (Å²) in [4.78, 5) is 0. The Morgan fingerprint density at radius 3 is 2.25 bits per heavy atom. The van der Waals surface area contributed by atoms with Crippen LogP contribution in [0.2, 0.25) is 15.1 Å². The summed E-state index contributed by atoms with van der Waals surface area (Å²) in [7, 11) is 0. The second-order valence-electron chi connectivity index (χ2n) is 4.85. The molecule has 0 spiro atoms. The van der Waals surface area contributed by atoms with Crippen molar-refractivity contribution in [3.63, 3.8) is 0 Å². The molecule has 4 heteroatoms. The smallest absolute Gasteiger partial charge is 0.0781 e. The predicted molar refractivity (Wildman–Crippen MR) is 87.9 cm³/mol. The van der Waals surface area contributed by atoms with Crippen molar-refractivity contribution in [2.75, 3.05) is 0 Å². The average Bonchev–Trinajstić information content (AvgIpc) is 2.44. The minimum Gasteiger partial charge on any atom is -0.306 e. The fourth-order valence-electron chi connectivity index (χ4n) is 1.96. The lowest BCUT2D eigenvalue weighted by Crippen LogP contribution is -2.18. The standard InChI is InChI=1S/C16H16Cl3N/c1-10-3-5-12(6-4-10)9-20-11(2)13-7-8-14(17)16(19)15(13)18/h3-8,11,20H,9H2,1-2H3. The molecule has 20 heavy (non-hydrogen) atoms. The summed E-state index contributed by atoms with van der Waals surface area (Å²) in [5, 5.41) is 4.84. The molecular formula is C16H16Cl3N. The van der Waals surface area contributed by atoms with Gasteiger partial charge in [0.2, 0.25) is 0 Å². The fraction of sp³-hybridized carbons (Fsp3) is 0.250. The normalized spacial score (nSPS) is 12.4. The summed E-state index contributed by atoms with van der Waals surface area (Å²) >= 11 is 18.3. The van der Waals surface area contributed by atoms with E-state index in [1.54, 1.807) is 6.07 Å². The molecule has 2 aromatic rings. The van der Waals surface area contributed by atoms with Crippen molar-refractivity contribution in [2.24, 2.45) is 0 Å². The molecule has 0 aliphatic heterocycles. The minimum atomic E-state index is 0.0959. The Hall–Kier alpha value is -0.730. The first kappa shape index (κ1) is 15.7. The SMILES string of the molecule is Cc1ccc(CNC(C)c2ccc(Cl)c(Cl)c2Cl)cc1. The van der Waals surface area contributed by atoms with E-state index in [9.17, 15) is 0 Å². The molecule has 106 valence electrons. The van der Waals surface area contributed by atoms with Crippen LogP contribution in [-0.2, 0) is 6.54 Å². The lowest BCUT2D eigenvalue weighted by Gasteiger charge is -2.17. The molecule has 1 atom stereocenters. The summed E-state index contributed by atoms with van der Waals surface area (Å²) in [5.74, 6) is 0. The molecule has 1 unspecified atom stereocenters. The maximum Gasteiger partial charge on any atom is 0.0781 e. The molecule has 0 aliphatic rings. The second-order valence-corrected chi connectivity index (χ2v) is 6.02. The number of hydrogen-bond acceptors (Lipinski definition) is 1. The molecule has 0 radical (unpaired) electrons. The molecule has 0 saturated carbocycles. The Bertz CT molecular complexity index is 593. The molecule has 1 N–H and O–H groups in total. The monoisotopic (exact) mass is 327 g/mol. The van der Waals surface area contributed by atoms with Gasteiger partial charge in [0, 0.05) is 12.6 Å². The molecule has 0 aliphatic carbocycles. The third kappa shape index (κ3) is 3.67. The Morgan fingerprint density at radius 2 is 1.60 bits per heavy atom. The van der Waals surface area contributed by atoms with Crippen LogP contribution in [0.1, 0.15) is 29.7 Å². The van der Waals surface area contributed by atoms with Gasteiger partial charge in [-0.3, -0.25) is 0 Å². The van der Waals surface area contributed by atoms with E-state index in [4.69, 9.17) is 34.8 Å². The molecule has 0 amide bonds. The van der Waals surface area contributed by atoms with E-state index < -0.39 is 0 Å². The first-order valence-electron chi connectivity index (χ1n) is 6.41. The van der Waals surface area contributed by atoms with Crippen molar-refractivity contribution in [1.82, 2.24) is 5.32 Å². The summed E-state index contributed by atoms with van der Waals surface area (Å²) < 4.78 is 0. The van der Waals surface area contributed by atoms with Gasteiger partial charge in [0.15, 0.2) is 0 Å². The number of halogens is 3. The van der Waals surface area contributed by atoms with Gasteiger partial charge in [-0.15, -0.1) is 0 Å². The highest BCUT2D eigenvalue weighted by Crippen LogP contribution is 2.35. The van der Waals surface area contributed by atoms with Gasteiger partial charge in [-0.25, -0.2) is 0 Å². The molecule has 0 heterocycles. The van der Waals surface area contributed by atoms with Crippen molar-refractivity contribution in [3.05, 3.63) is 68.2 Å². The van der Waals surface area contributed by atoms with Gasteiger partial charge in [-0.1, -0.05) is 70.7 Å². The van der Waals surface area contributed by atoms with Crippen LogP contribution >= 0.6 is 34.8 Å². The van der Waals surface area contributed by atoms with Crippen LogP contribution in [0, 0.1) is 6.92 Å². The van der Waals surface area contributed by atoms with Gasteiger partial charge in [-0.05, 0) is 31.0 Å². The number of benzene rings is 2. The Balaban J connectivity index is 2.07. The van der Waals surface area contributed by atoms with E-state index in [2.05, 4.69) is 43.4 Å². The predicted octanol–water partition coefficient (Wildman–Crippen LogP) is 5.81. The highest BCUT2D eigenvalue weighted by molar-refractivity contribution is 6.48. The molecule has 2 rings (SSSR count). The Labute approximate surface area is 134 Å². The van der Waals surface area contributed by atoms with Crippen molar-refractivity contribution in [3.8, 4) is 0 Å².